The molecule has 0 unspecified atom stereocenters. The lowest BCUT2D eigenvalue weighted by Gasteiger charge is -2.07. The number of nitrogens with one attached hydrogen (secondary N) is 1. The quantitative estimate of drug-likeness (QED) is 0.768. The summed E-state index contributed by atoms with van der Waals surface area (Å²) in [5.74, 6) is 0.932. The molecular formula is C14H15N5. The fraction of sp³-hybridized carbons (Fsp3) is 0.214. The molecule has 0 radical (unpaired) electrons. The van der Waals surface area contributed by atoms with Crippen LogP contribution < -0.4 is 5.32 Å². The van der Waals surface area contributed by atoms with Gasteiger partial charge in [0.25, 0.3) is 0 Å². The molecule has 0 saturated carbocycles. The number of pyridine rings is 1. The largest absolute Gasteiger partial charge is 0.320 e. The minimum atomic E-state index is 0.706. The predicted octanol–water partition coefficient (Wildman–Crippen LogP) is 1.65. The second-order valence-corrected chi connectivity index (χ2v) is 4.48. The second kappa shape index (κ2) is 5.16. The van der Waals surface area contributed by atoms with Crippen molar-refractivity contribution in [1.29, 1.82) is 0 Å². The van der Waals surface area contributed by atoms with Crippen LogP contribution in [0.3, 0.4) is 0 Å². The van der Waals surface area contributed by atoms with E-state index >= 15 is 0 Å². The van der Waals surface area contributed by atoms with Crippen LogP contribution in [0.2, 0.25) is 0 Å². The maximum absolute atomic E-state index is 4.14. The first-order valence-electron chi connectivity index (χ1n) is 6.20. The predicted molar refractivity (Wildman–Crippen MR) is 73.3 cm³/mol. The van der Waals surface area contributed by atoms with Crippen LogP contribution in [-0.4, -0.2) is 19.7 Å². The average Bonchev–Trinajstić information content (AvgIpc) is 2.85. The van der Waals surface area contributed by atoms with Gasteiger partial charge in [-0.1, -0.05) is 18.2 Å². The van der Waals surface area contributed by atoms with Gasteiger partial charge in [0.05, 0.1) is 6.54 Å². The molecule has 0 saturated heterocycles. The first kappa shape index (κ1) is 11.8. The standard InChI is InChI=1S/C14H15N5/c1-19-10-17-18-14(19)9-16-8-12-4-2-3-11-7-15-6-5-13(11)12/h2-7,10,16H,8-9H2,1H3. The van der Waals surface area contributed by atoms with E-state index in [4.69, 9.17) is 0 Å². The number of rotatable bonds is 4. The van der Waals surface area contributed by atoms with Crippen LogP contribution in [0.15, 0.2) is 43.0 Å². The van der Waals surface area contributed by atoms with Crippen LogP contribution in [0.25, 0.3) is 10.8 Å². The van der Waals surface area contributed by atoms with Gasteiger partial charge in [0.15, 0.2) is 0 Å². The zero-order chi connectivity index (χ0) is 13.1. The lowest BCUT2D eigenvalue weighted by Crippen LogP contribution is -2.15. The number of fused-ring (bicyclic) bond motifs is 1. The van der Waals surface area contributed by atoms with Crippen molar-refractivity contribution < 1.29 is 0 Å². The number of nitrogens with zero attached hydrogens (tertiary/aromatic N) is 4. The first-order chi connectivity index (χ1) is 9.34. The topological polar surface area (TPSA) is 55.6 Å². The Morgan fingerprint density at radius 3 is 3.00 bits per heavy atom. The number of aromatic nitrogens is 4. The molecular weight excluding hydrogens is 238 g/mol. The zero-order valence-corrected chi connectivity index (χ0v) is 10.7. The third-order valence-corrected chi connectivity index (χ3v) is 3.17. The van der Waals surface area contributed by atoms with E-state index in [0.717, 1.165) is 12.4 Å². The normalized spacial score (nSPS) is 11.0. The molecule has 2 heterocycles. The minimum Gasteiger partial charge on any atom is -0.320 e. The smallest absolute Gasteiger partial charge is 0.146 e. The summed E-state index contributed by atoms with van der Waals surface area (Å²) in [4.78, 5) is 4.14. The second-order valence-electron chi connectivity index (χ2n) is 4.48. The highest BCUT2D eigenvalue weighted by Crippen LogP contribution is 2.17. The molecule has 0 aliphatic heterocycles. The van der Waals surface area contributed by atoms with Crippen LogP contribution in [0, 0.1) is 0 Å². The Bertz CT molecular complexity index is 684. The number of benzene rings is 1. The van der Waals surface area contributed by atoms with Gasteiger partial charge in [-0.25, -0.2) is 0 Å². The van der Waals surface area contributed by atoms with Crippen LogP contribution in [0.4, 0.5) is 0 Å². The molecule has 3 aromatic rings. The summed E-state index contributed by atoms with van der Waals surface area (Å²) in [5.41, 5.74) is 1.27. The Hall–Kier alpha value is -2.27. The molecule has 5 heteroatoms. The Balaban J connectivity index is 1.74. The molecule has 0 fully saturated rings. The summed E-state index contributed by atoms with van der Waals surface area (Å²) < 4.78 is 1.92. The third-order valence-electron chi connectivity index (χ3n) is 3.17. The van der Waals surface area contributed by atoms with Gasteiger partial charge >= 0.3 is 0 Å². The lowest BCUT2D eigenvalue weighted by atomic mass is 10.1. The molecule has 0 atom stereocenters. The van der Waals surface area contributed by atoms with Crippen molar-refractivity contribution >= 4 is 10.8 Å². The molecule has 5 nitrogen and oxygen atoms in total. The van der Waals surface area contributed by atoms with E-state index in [9.17, 15) is 0 Å². The van der Waals surface area contributed by atoms with E-state index in [0.29, 0.717) is 6.54 Å². The van der Waals surface area contributed by atoms with Gasteiger partial charge in [-0.3, -0.25) is 4.98 Å². The highest BCUT2D eigenvalue weighted by Gasteiger charge is 2.02. The SMILES string of the molecule is Cn1cnnc1CNCc1cccc2cnccc12. The summed E-state index contributed by atoms with van der Waals surface area (Å²) in [5, 5.41) is 13.7. The lowest BCUT2D eigenvalue weighted by molar-refractivity contribution is 0.639. The summed E-state index contributed by atoms with van der Waals surface area (Å²) in [6.45, 7) is 1.51. The maximum atomic E-state index is 4.14. The number of hydrogen-bond donors (Lipinski definition) is 1. The van der Waals surface area contributed by atoms with Crippen molar-refractivity contribution in [2.24, 2.45) is 7.05 Å². The summed E-state index contributed by atoms with van der Waals surface area (Å²) in [7, 11) is 1.95. The number of hydrogen-bond acceptors (Lipinski definition) is 4. The Kier molecular flexibility index (Phi) is 3.20. The van der Waals surface area contributed by atoms with Crippen molar-refractivity contribution in [1.82, 2.24) is 25.1 Å². The molecule has 1 N–H and O–H groups in total. The third kappa shape index (κ3) is 2.46. The summed E-state index contributed by atoms with van der Waals surface area (Å²) in [6, 6.07) is 8.32. The van der Waals surface area contributed by atoms with Crippen molar-refractivity contribution in [3.05, 3.63) is 54.4 Å². The molecule has 0 aliphatic carbocycles. The van der Waals surface area contributed by atoms with Crippen LogP contribution in [0.5, 0.6) is 0 Å². The van der Waals surface area contributed by atoms with E-state index in [-0.39, 0.29) is 0 Å². The molecule has 3 rings (SSSR count). The van der Waals surface area contributed by atoms with E-state index in [1.54, 1.807) is 6.33 Å². The van der Waals surface area contributed by atoms with Gasteiger partial charge in [0, 0.05) is 31.4 Å². The molecule has 0 amide bonds. The summed E-state index contributed by atoms with van der Waals surface area (Å²) in [6.07, 6.45) is 5.43. The molecule has 0 aliphatic rings. The molecule has 96 valence electrons. The van der Waals surface area contributed by atoms with Gasteiger partial charge in [0.2, 0.25) is 0 Å². The fourth-order valence-electron chi connectivity index (χ4n) is 2.12. The van der Waals surface area contributed by atoms with Gasteiger partial charge in [-0.15, -0.1) is 10.2 Å². The van der Waals surface area contributed by atoms with Gasteiger partial charge in [0.1, 0.15) is 12.2 Å². The highest BCUT2D eigenvalue weighted by atomic mass is 15.3. The Morgan fingerprint density at radius 2 is 2.16 bits per heavy atom. The first-order valence-corrected chi connectivity index (χ1v) is 6.20. The van der Waals surface area contributed by atoms with Crippen LogP contribution in [-0.2, 0) is 20.1 Å². The van der Waals surface area contributed by atoms with E-state index < -0.39 is 0 Å². The molecule has 2 aromatic heterocycles. The van der Waals surface area contributed by atoms with Gasteiger partial charge < -0.3 is 9.88 Å². The Morgan fingerprint density at radius 1 is 1.21 bits per heavy atom. The van der Waals surface area contributed by atoms with Crippen molar-refractivity contribution in [3.8, 4) is 0 Å². The van der Waals surface area contributed by atoms with Crippen LogP contribution in [0.1, 0.15) is 11.4 Å². The molecule has 0 bridgehead atoms. The monoisotopic (exact) mass is 253 g/mol. The highest BCUT2D eigenvalue weighted by molar-refractivity contribution is 5.84. The Labute approximate surface area is 111 Å². The van der Waals surface area contributed by atoms with Crippen LogP contribution >= 0.6 is 0 Å². The maximum Gasteiger partial charge on any atom is 0.146 e. The van der Waals surface area contributed by atoms with Gasteiger partial charge in [-0.05, 0) is 17.0 Å². The number of aryl methyl sites for hydroxylation is 1. The fourth-order valence-corrected chi connectivity index (χ4v) is 2.12. The summed E-state index contributed by atoms with van der Waals surface area (Å²) >= 11 is 0. The van der Waals surface area contributed by atoms with Crippen molar-refractivity contribution in [2.75, 3.05) is 0 Å². The minimum absolute atomic E-state index is 0.706. The van der Waals surface area contributed by atoms with Crippen molar-refractivity contribution in [2.45, 2.75) is 13.1 Å². The van der Waals surface area contributed by atoms with Gasteiger partial charge in [-0.2, -0.15) is 0 Å². The van der Waals surface area contributed by atoms with E-state index in [1.165, 1.54) is 16.3 Å². The van der Waals surface area contributed by atoms with E-state index in [1.807, 2.05) is 24.0 Å². The molecule has 0 spiro atoms. The molecule has 19 heavy (non-hydrogen) atoms. The molecule has 1 aromatic carbocycles. The van der Waals surface area contributed by atoms with E-state index in [2.05, 4.69) is 44.8 Å². The zero-order valence-electron chi connectivity index (χ0n) is 10.7. The van der Waals surface area contributed by atoms with Crippen molar-refractivity contribution in [3.63, 3.8) is 0 Å². The average molecular weight is 253 g/mol.